The molecule has 1 aliphatic rings. The summed E-state index contributed by atoms with van der Waals surface area (Å²) in [6, 6.07) is 0. The van der Waals surface area contributed by atoms with E-state index < -0.39 is 22.8 Å². The van der Waals surface area contributed by atoms with E-state index in [0.717, 1.165) is 36.2 Å². The molecule has 6 nitrogen and oxygen atoms in total. The van der Waals surface area contributed by atoms with Crippen LogP contribution in [0.3, 0.4) is 0 Å². The zero-order chi connectivity index (χ0) is 17.3. The molecule has 0 radical (unpaired) electrons. The van der Waals surface area contributed by atoms with Crippen molar-refractivity contribution < 1.29 is 15.0 Å². The van der Waals surface area contributed by atoms with Gasteiger partial charge >= 0.3 is 5.97 Å². The van der Waals surface area contributed by atoms with E-state index in [1.807, 2.05) is 25.8 Å². The molecule has 0 saturated carbocycles. The topological polar surface area (TPSA) is 93.6 Å². The molecule has 3 N–H and O–H groups in total. The second kappa shape index (κ2) is 6.32. The van der Waals surface area contributed by atoms with E-state index in [2.05, 4.69) is 11.6 Å². The predicted molar refractivity (Wildman–Crippen MR) is 88.4 cm³/mol. The number of hydrogen-bond donors (Lipinski definition) is 3. The van der Waals surface area contributed by atoms with Gasteiger partial charge in [-0.15, -0.1) is 0 Å². The quantitative estimate of drug-likeness (QED) is 0.793. The fourth-order valence-corrected chi connectivity index (χ4v) is 3.00. The Bertz CT molecular complexity index is 759. The zero-order valence-corrected chi connectivity index (χ0v) is 13.7. The highest BCUT2D eigenvalue weighted by atomic mass is 16.4. The van der Waals surface area contributed by atoms with Gasteiger partial charge < -0.3 is 20.1 Å². The molecule has 1 aliphatic carbocycles. The fourth-order valence-electron chi connectivity index (χ4n) is 3.00. The van der Waals surface area contributed by atoms with E-state index in [9.17, 15) is 14.7 Å². The van der Waals surface area contributed by atoms with Gasteiger partial charge in [0.1, 0.15) is 5.75 Å². The number of aromatic nitrogens is 1. The summed E-state index contributed by atoms with van der Waals surface area (Å²) in [5.41, 5.74) is 2.44. The molecule has 0 spiro atoms. The van der Waals surface area contributed by atoms with Crippen molar-refractivity contribution in [1.82, 2.24) is 9.88 Å². The van der Waals surface area contributed by atoms with E-state index in [4.69, 9.17) is 5.11 Å². The summed E-state index contributed by atoms with van der Waals surface area (Å²) in [7, 11) is 1.93. The molecule has 1 heterocycles. The van der Waals surface area contributed by atoms with Crippen molar-refractivity contribution in [2.24, 2.45) is 0 Å². The Morgan fingerprint density at radius 2 is 2.04 bits per heavy atom. The molecular formula is C17H22N2O4. The SMILES string of the molecule is C=C(CC)N(C)C1=C(C)c2[nH]c(=O)c(C(=O)O)c(O)c2CCC1. The van der Waals surface area contributed by atoms with Crippen LogP contribution in [0.2, 0.25) is 0 Å². The van der Waals surface area contributed by atoms with Gasteiger partial charge in [-0.2, -0.15) is 0 Å². The van der Waals surface area contributed by atoms with E-state index in [-0.39, 0.29) is 0 Å². The number of carbonyl (C=O) groups is 1. The minimum Gasteiger partial charge on any atom is -0.506 e. The van der Waals surface area contributed by atoms with Crippen LogP contribution in [-0.4, -0.2) is 33.1 Å². The first-order valence-corrected chi connectivity index (χ1v) is 7.62. The number of hydrogen-bond acceptors (Lipinski definition) is 4. The summed E-state index contributed by atoms with van der Waals surface area (Å²) in [6.45, 7) is 7.92. The first-order chi connectivity index (χ1) is 10.8. The Labute approximate surface area is 134 Å². The highest BCUT2D eigenvalue weighted by Gasteiger charge is 2.26. The van der Waals surface area contributed by atoms with Gasteiger partial charge in [0.2, 0.25) is 0 Å². The minimum atomic E-state index is -1.42. The van der Waals surface area contributed by atoms with Crippen molar-refractivity contribution in [1.29, 1.82) is 0 Å². The Balaban J connectivity index is 2.68. The Hall–Kier alpha value is -2.50. The number of aromatic hydroxyl groups is 1. The molecule has 124 valence electrons. The van der Waals surface area contributed by atoms with Gasteiger partial charge in [-0.3, -0.25) is 4.79 Å². The molecule has 2 rings (SSSR count). The zero-order valence-electron chi connectivity index (χ0n) is 13.7. The highest BCUT2D eigenvalue weighted by Crippen LogP contribution is 2.35. The van der Waals surface area contributed by atoms with Crippen LogP contribution in [-0.2, 0) is 6.42 Å². The number of nitrogens with one attached hydrogen (secondary N) is 1. The van der Waals surface area contributed by atoms with Crippen LogP contribution in [0.25, 0.3) is 5.57 Å². The lowest BCUT2D eigenvalue weighted by Crippen LogP contribution is -2.21. The smallest absolute Gasteiger partial charge is 0.345 e. The minimum absolute atomic E-state index is 0.422. The maximum Gasteiger partial charge on any atom is 0.345 e. The molecule has 0 unspecified atom stereocenters. The van der Waals surface area contributed by atoms with Crippen LogP contribution in [0.5, 0.6) is 5.75 Å². The van der Waals surface area contributed by atoms with E-state index in [1.165, 1.54) is 0 Å². The monoisotopic (exact) mass is 318 g/mol. The van der Waals surface area contributed by atoms with Gasteiger partial charge in [-0.25, -0.2) is 4.79 Å². The van der Waals surface area contributed by atoms with Gasteiger partial charge in [0, 0.05) is 24.0 Å². The number of aromatic amines is 1. The Morgan fingerprint density at radius 1 is 1.39 bits per heavy atom. The second-order valence-electron chi connectivity index (χ2n) is 5.74. The third-order valence-corrected chi connectivity index (χ3v) is 4.44. The lowest BCUT2D eigenvalue weighted by Gasteiger charge is -2.26. The summed E-state index contributed by atoms with van der Waals surface area (Å²) in [5, 5.41) is 19.4. The molecule has 0 aromatic carbocycles. The van der Waals surface area contributed by atoms with Gasteiger partial charge in [-0.1, -0.05) is 13.5 Å². The number of carboxylic acids is 1. The molecule has 1 aromatic rings. The summed E-state index contributed by atoms with van der Waals surface area (Å²) in [5.74, 6) is -1.84. The number of rotatable bonds is 4. The van der Waals surface area contributed by atoms with Crippen LogP contribution in [0, 0.1) is 0 Å². The van der Waals surface area contributed by atoms with E-state index in [0.29, 0.717) is 17.7 Å². The average Bonchev–Trinajstić information content (AvgIpc) is 2.65. The molecule has 0 bridgehead atoms. The second-order valence-corrected chi connectivity index (χ2v) is 5.74. The third-order valence-electron chi connectivity index (χ3n) is 4.44. The third kappa shape index (κ3) is 2.88. The number of pyridine rings is 1. The van der Waals surface area contributed by atoms with Gasteiger partial charge in [0.25, 0.3) is 5.56 Å². The predicted octanol–water partition coefficient (Wildman–Crippen LogP) is 2.70. The van der Waals surface area contributed by atoms with Crippen molar-refractivity contribution in [2.75, 3.05) is 7.05 Å². The molecule has 0 fully saturated rings. The molecular weight excluding hydrogens is 296 g/mol. The average molecular weight is 318 g/mol. The normalized spacial score (nSPS) is 14.2. The summed E-state index contributed by atoms with van der Waals surface area (Å²) in [4.78, 5) is 27.9. The van der Waals surface area contributed by atoms with Crippen molar-refractivity contribution >= 4 is 11.5 Å². The molecule has 6 heteroatoms. The summed E-state index contributed by atoms with van der Waals surface area (Å²) >= 11 is 0. The van der Waals surface area contributed by atoms with Crippen LogP contribution >= 0.6 is 0 Å². The Kier molecular flexibility index (Phi) is 4.63. The molecule has 0 amide bonds. The van der Waals surface area contributed by atoms with Crippen molar-refractivity contribution in [3.05, 3.63) is 45.1 Å². The maximum absolute atomic E-state index is 12.0. The number of carboxylic acid groups (broad SMARTS) is 1. The van der Waals surface area contributed by atoms with Crippen LogP contribution < -0.4 is 5.56 Å². The first kappa shape index (κ1) is 16.9. The molecule has 23 heavy (non-hydrogen) atoms. The van der Waals surface area contributed by atoms with Crippen molar-refractivity contribution in [2.45, 2.75) is 39.5 Å². The maximum atomic E-state index is 12.0. The summed E-state index contributed by atoms with van der Waals surface area (Å²) in [6.07, 6.45) is 2.82. The lowest BCUT2D eigenvalue weighted by atomic mass is 10.0. The molecule has 0 saturated heterocycles. The van der Waals surface area contributed by atoms with E-state index >= 15 is 0 Å². The van der Waals surface area contributed by atoms with Crippen LogP contribution in [0.15, 0.2) is 22.8 Å². The molecule has 0 aliphatic heterocycles. The molecule has 0 atom stereocenters. The van der Waals surface area contributed by atoms with Gasteiger partial charge in [0.15, 0.2) is 5.56 Å². The molecule has 1 aromatic heterocycles. The number of aromatic carboxylic acids is 1. The van der Waals surface area contributed by atoms with Crippen molar-refractivity contribution in [3.8, 4) is 5.75 Å². The van der Waals surface area contributed by atoms with Crippen LogP contribution in [0.1, 0.15) is 54.7 Å². The largest absolute Gasteiger partial charge is 0.506 e. The Morgan fingerprint density at radius 3 is 2.61 bits per heavy atom. The fraction of sp³-hybridized carbons (Fsp3) is 0.412. The van der Waals surface area contributed by atoms with Gasteiger partial charge in [-0.05, 0) is 38.2 Å². The number of allylic oxidation sites excluding steroid dienone is 3. The first-order valence-electron chi connectivity index (χ1n) is 7.62. The lowest BCUT2D eigenvalue weighted by molar-refractivity contribution is 0.0691. The standard InChI is InChI=1S/C17H22N2O4/c1-5-9(2)19(4)12-8-6-7-11-14(10(12)3)18-16(21)13(15(11)20)17(22)23/h2,5-8H2,1,3-4H3,(H,22,23)(H2,18,20,21). The number of nitrogens with zero attached hydrogens (tertiary/aromatic N) is 1. The van der Waals surface area contributed by atoms with E-state index in [1.54, 1.807) is 0 Å². The number of H-pyrrole nitrogens is 1. The number of fused-ring (bicyclic) bond motifs is 1. The highest BCUT2D eigenvalue weighted by molar-refractivity contribution is 5.91. The summed E-state index contributed by atoms with van der Waals surface area (Å²) < 4.78 is 0. The van der Waals surface area contributed by atoms with Crippen molar-refractivity contribution in [3.63, 3.8) is 0 Å². The van der Waals surface area contributed by atoms with Gasteiger partial charge in [0.05, 0.1) is 5.69 Å². The van der Waals surface area contributed by atoms with Crippen LogP contribution in [0.4, 0.5) is 0 Å².